The molecule has 5 aromatic heterocycles. The minimum atomic E-state index is -0.453. The summed E-state index contributed by atoms with van der Waals surface area (Å²) in [5.41, 5.74) is 3.12. The number of fused-ring (bicyclic) bond motifs is 2. The topological polar surface area (TPSA) is 125 Å². The maximum atomic E-state index is 13.4. The van der Waals surface area contributed by atoms with E-state index in [2.05, 4.69) is 36.1 Å². The Morgan fingerprint density at radius 3 is 3.15 bits per heavy atom. The van der Waals surface area contributed by atoms with Crippen molar-refractivity contribution in [3.8, 4) is 17.3 Å². The molecule has 33 heavy (non-hydrogen) atoms. The van der Waals surface area contributed by atoms with Crippen LogP contribution in [0.15, 0.2) is 47.7 Å². The maximum absolute atomic E-state index is 13.4. The molecule has 0 bridgehead atoms. The molecule has 1 N–H and O–H groups in total. The van der Waals surface area contributed by atoms with Gasteiger partial charge in [-0.05, 0) is 12.5 Å². The lowest BCUT2D eigenvalue weighted by atomic mass is 9.96. The second-order valence-corrected chi connectivity index (χ2v) is 8.07. The molecule has 6 rings (SSSR count). The van der Waals surface area contributed by atoms with E-state index >= 15 is 0 Å². The van der Waals surface area contributed by atoms with Crippen molar-refractivity contribution < 1.29 is 8.81 Å². The van der Waals surface area contributed by atoms with Gasteiger partial charge in [-0.25, -0.2) is 19.3 Å². The van der Waals surface area contributed by atoms with E-state index in [9.17, 15) is 9.65 Å². The smallest absolute Gasteiger partial charge is 0.299 e. The molecule has 1 aliphatic rings. The average molecular weight is 443 g/mol. The zero-order valence-electron chi connectivity index (χ0n) is 17.4. The number of aromatic nitrogens is 7. The fraction of sp³-hybridized carbons (Fsp3) is 0.273. The number of hydrogen-bond donors (Lipinski definition) is 1. The highest BCUT2D eigenvalue weighted by Gasteiger charge is 2.33. The van der Waals surface area contributed by atoms with Crippen LogP contribution in [0.1, 0.15) is 18.9 Å². The molecule has 164 valence electrons. The molecule has 0 saturated carbocycles. The van der Waals surface area contributed by atoms with Crippen LogP contribution in [0, 0.1) is 23.1 Å². The Morgan fingerprint density at radius 1 is 1.30 bits per heavy atom. The molecule has 1 aliphatic heterocycles. The van der Waals surface area contributed by atoms with E-state index in [1.54, 1.807) is 6.20 Å². The van der Waals surface area contributed by atoms with Crippen molar-refractivity contribution in [3.63, 3.8) is 0 Å². The van der Waals surface area contributed by atoms with E-state index in [1.807, 2.05) is 28.0 Å². The van der Waals surface area contributed by atoms with Crippen molar-refractivity contribution in [2.75, 3.05) is 18.0 Å². The van der Waals surface area contributed by atoms with Crippen molar-refractivity contribution in [2.45, 2.75) is 18.9 Å². The van der Waals surface area contributed by atoms with Crippen LogP contribution in [0.25, 0.3) is 33.5 Å². The van der Waals surface area contributed by atoms with Gasteiger partial charge in [-0.1, -0.05) is 0 Å². The second-order valence-electron chi connectivity index (χ2n) is 8.07. The molecule has 0 aliphatic carbocycles. The number of nitriles is 1. The zero-order chi connectivity index (χ0) is 22.4. The van der Waals surface area contributed by atoms with Crippen molar-refractivity contribution >= 4 is 28.3 Å². The van der Waals surface area contributed by atoms with E-state index in [0.717, 1.165) is 34.9 Å². The Morgan fingerprint density at radius 2 is 2.24 bits per heavy atom. The van der Waals surface area contributed by atoms with Crippen molar-refractivity contribution in [2.24, 2.45) is 5.92 Å². The van der Waals surface area contributed by atoms with Crippen LogP contribution in [0.4, 0.5) is 10.4 Å². The van der Waals surface area contributed by atoms with Crippen LogP contribution in [0.5, 0.6) is 0 Å². The van der Waals surface area contributed by atoms with Crippen LogP contribution in [0.3, 0.4) is 0 Å². The molecule has 2 unspecified atom stereocenters. The van der Waals surface area contributed by atoms with E-state index in [1.165, 1.54) is 12.4 Å². The summed E-state index contributed by atoms with van der Waals surface area (Å²) in [5.74, 6) is -0.291. The van der Waals surface area contributed by atoms with Crippen molar-refractivity contribution in [3.05, 3.63) is 49.1 Å². The third-order valence-corrected chi connectivity index (χ3v) is 6.11. The number of hydrogen-bond acceptors (Lipinski definition) is 8. The Kier molecular flexibility index (Phi) is 4.50. The monoisotopic (exact) mass is 443 g/mol. The summed E-state index contributed by atoms with van der Waals surface area (Å²) in [6, 6.07) is 5.84. The largest absolute Gasteiger partial charge is 0.404 e. The van der Waals surface area contributed by atoms with Gasteiger partial charge in [-0.3, -0.25) is 4.68 Å². The Bertz CT molecular complexity index is 1500. The molecular weight excluding hydrogens is 425 g/mol. The highest BCUT2D eigenvalue weighted by Crippen LogP contribution is 2.34. The van der Waals surface area contributed by atoms with Gasteiger partial charge in [0.05, 0.1) is 36.6 Å². The van der Waals surface area contributed by atoms with E-state index in [4.69, 9.17) is 4.42 Å². The normalized spacial score (nSPS) is 17.1. The number of nitrogens with zero attached hydrogens (tertiary/aromatic N) is 8. The lowest BCUT2D eigenvalue weighted by Gasteiger charge is -2.22. The highest BCUT2D eigenvalue weighted by atomic mass is 19.1. The maximum Gasteiger partial charge on any atom is 0.299 e. The Hall–Kier alpha value is -4.33. The van der Waals surface area contributed by atoms with Crippen molar-refractivity contribution in [1.29, 1.82) is 5.26 Å². The number of anilines is 1. The number of rotatable bonds is 5. The number of H-pyrrole nitrogens is 1. The van der Waals surface area contributed by atoms with E-state index < -0.39 is 5.82 Å². The summed E-state index contributed by atoms with van der Waals surface area (Å²) in [5, 5.41) is 15.0. The van der Waals surface area contributed by atoms with Gasteiger partial charge in [0.25, 0.3) is 6.01 Å². The average Bonchev–Trinajstić information content (AvgIpc) is 3.62. The Balaban J connectivity index is 1.26. The molecule has 1 saturated heterocycles. The number of aromatic amines is 1. The second kappa shape index (κ2) is 7.67. The fourth-order valence-electron chi connectivity index (χ4n) is 4.51. The summed E-state index contributed by atoms with van der Waals surface area (Å²) < 4.78 is 21.0. The number of oxazole rings is 1. The minimum Gasteiger partial charge on any atom is -0.404 e. The lowest BCUT2D eigenvalue weighted by molar-refractivity contribution is 0.331. The summed E-state index contributed by atoms with van der Waals surface area (Å²) in [4.78, 5) is 22.1. The first-order valence-corrected chi connectivity index (χ1v) is 10.6. The molecule has 5 aromatic rings. The number of nitrogens with one attached hydrogen (secondary N) is 1. The summed E-state index contributed by atoms with van der Waals surface area (Å²) >= 11 is 0. The van der Waals surface area contributed by atoms with Crippen LogP contribution >= 0.6 is 0 Å². The zero-order valence-corrected chi connectivity index (χ0v) is 17.4. The predicted molar refractivity (Wildman–Crippen MR) is 116 cm³/mol. The molecule has 2 atom stereocenters. The Labute approximate surface area is 186 Å². The predicted octanol–water partition coefficient (Wildman–Crippen LogP) is 3.48. The van der Waals surface area contributed by atoms with Gasteiger partial charge in [0.1, 0.15) is 23.3 Å². The number of pyridine rings is 1. The van der Waals surface area contributed by atoms with Crippen LogP contribution in [-0.4, -0.2) is 47.8 Å². The standard InChI is InChI=1S/C22H18FN9O/c23-15-7-17-21(26-9-15)33-22(30-17)31-6-3-13(10-31)18(1-4-24)32-11-14(8-29-32)19-16-2-5-25-20(16)28-12-27-19/h2,5,7-9,11-13,18H,1,3,6,10H2,(H,25,27,28). The third kappa shape index (κ3) is 3.36. The molecule has 1 fully saturated rings. The molecule has 6 heterocycles. The summed E-state index contributed by atoms with van der Waals surface area (Å²) in [6.07, 6.45) is 9.34. The van der Waals surface area contributed by atoms with Crippen LogP contribution < -0.4 is 4.90 Å². The van der Waals surface area contributed by atoms with Gasteiger partial charge in [-0.2, -0.15) is 15.3 Å². The van der Waals surface area contributed by atoms with Gasteiger partial charge in [0.15, 0.2) is 0 Å². The quantitative estimate of drug-likeness (QED) is 0.438. The van der Waals surface area contributed by atoms with E-state index in [-0.39, 0.29) is 12.0 Å². The molecular formula is C22H18FN9O. The first-order chi connectivity index (χ1) is 16.2. The van der Waals surface area contributed by atoms with Gasteiger partial charge < -0.3 is 14.3 Å². The highest BCUT2D eigenvalue weighted by molar-refractivity contribution is 5.90. The SMILES string of the molecule is N#CCC(C1CCN(c2nc3cc(F)cnc3o2)C1)n1cc(-c2ncnc3[nH]ccc23)cn1. The van der Waals surface area contributed by atoms with Crippen molar-refractivity contribution in [1.82, 2.24) is 34.7 Å². The van der Waals surface area contributed by atoms with Crippen LogP contribution in [-0.2, 0) is 0 Å². The first-order valence-electron chi connectivity index (χ1n) is 10.6. The van der Waals surface area contributed by atoms with Gasteiger partial charge >= 0.3 is 0 Å². The molecule has 0 aromatic carbocycles. The molecule has 0 spiro atoms. The van der Waals surface area contributed by atoms with Gasteiger partial charge in [0.2, 0.25) is 5.71 Å². The fourth-order valence-corrected chi connectivity index (χ4v) is 4.51. The van der Waals surface area contributed by atoms with Crippen LogP contribution in [0.2, 0.25) is 0 Å². The van der Waals surface area contributed by atoms with Gasteiger partial charge in [0, 0.05) is 48.4 Å². The molecule has 0 amide bonds. The van der Waals surface area contributed by atoms with E-state index in [0.29, 0.717) is 36.8 Å². The molecule has 11 heteroatoms. The minimum absolute atomic E-state index is 0.114. The lowest BCUT2D eigenvalue weighted by Crippen LogP contribution is -2.25. The first kappa shape index (κ1) is 19.4. The van der Waals surface area contributed by atoms with Gasteiger partial charge in [-0.15, -0.1) is 0 Å². The summed E-state index contributed by atoms with van der Waals surface area (Å²) in [6.45, 7) is 1.36. The molecule has 10 nitrogen and oxygen atoms in total. The third-order valence-electron chi connectivity index (χ3n) is 6.11. The summed E-state index contributed by atoms with van der Waals surface area (Å²) in [7, 11) is 0. The number of halogens is 1. The molecule has 0 radical (unpaired) electrons.